The zero-order valence-corrected chi connectivity index (χ0v) is 22.6. The van der Waals surface area contributed by atoms with Crippen molar-refractivity contribution in [2.24, 2.45) is 0 Å². The van der Waals surface area contributed by atoms with E-state index in [1.54, 1.807) is 4.90 Å². The highest BCUT2D eigenvalue weighted by atomic mass is 16.5. The molecule has 10 heteroatoms. The number of para-hydroxylation sites is 1. The highest BCUT2D eigenvalue weighted by Crippen LogP contribution is 2.20. The van der Waals surface area contributed by atoms with Gasteiger partial charge in [-0.2, -0.15) is 0 Å². The number of hydrogen-bond acceptors (Lipinski definition) is 7. The molecule has 0 radical (unpaired) electrons. The molecule has 1 aromatic heterocycles. The van der Waals surface area contributed by atoms with Crippen molar-refractivity contribution in [2.45, 2.75) is 44.6 Å². The lowest BCUT2D eigenvalue weighted by atomic mass is 10.1. The highest BCUT2D eigenvalue weighted by Gasteiger charge is 2.25. The first-order valence-corrected chi connectivity index (χ1v) is 14.1. The number of anilines is 1. The van der Waals surface area contributed by atoms with Crippen LogP contribution in [0.25, 0.3) is 0 Å². The Labute approximate surface area is 230 Å². The van der Waals surface area contributed by atoms with E-state index in [2.05, 4.69) is 27.7 Å². The number of carboxylic acids is 1. The Morgan fingerprint density at radius 3 is 2.72 bits per heavy atom. The summed E-state index contributed by atoms with van der Waals surface area (Å²) < 4.78 is 11.2. The van der Waals surface area contributed by atoms with Gasteiger partial charge in [-0.1, -0.05) is 24.3 Å². The van der Waals surface area contributed by atoms with Crippen molar-refractivity contribution in [1.82, 2.24) is 20.1 Å². The summed E-state index contributed by atoms with van der Waals surface area (Å²) >= 11 is 0. The Morgan fingerprint density at radius 2 is 1.92 bits per heavy atom. The molecule has 1 fully saturated rings. The Kier molecular flexibility index (Phi) is 11.2. The Bertz CT molecular complexity index is 1050. The van der Waals surface area contributed by atoms with E-state index < -0.39 is 12.0 Å². The van der Waals surface area contributed by atoms with Gasteiger partial charge >= 0.3 is 12.0 Å². The Morgan fingerprint density at radius 1 is 1.10 bits per heavy atom. The molecular weight excluding hydrogens is 498 g/mol. The van der Waals surface area contributed by atoms with E-state index in [9.17, 15) is 14.7 Å². The monoisotopic (exact) mass is 539 g/mol. The molecule has 3 N–H and O–H groups in total. The number of carboxylic acid groups (broad SMARTS) is 1. The van der Waals surface area contributed by atoms with E-state index in [0.717, 1.165) is 62.5 Å². The van der Waals surface area contributed by atoms with Crippen LogP contribution < -0.4 is 15.4 Å². The van der Waals surface area contributed by atoms with Gasteiger partial charge in [-0.3, -0.25) is 4.90 Å². The van der Waals surface area contributed by atoms with Gasteiger partial charge in [0.15, 0.2) is 0 Å². The first kappa shape index (κ1) is 28.6. The average Bonchev–Trinajstić information content (AvgIpc) is 2.97. The summed E-state index contributed by atoms with van der Waals surface area (Å²) in [6.45, 7) is 5.38. The van der Waals surface area contributed by atoms with Gasteiger partial charge in [0, 0.05) is 38.4 Å². The molecule has 0 saturated carbocycles. The Hall–Kier alpha value is -3.37. The third kappa shape index (κ3) is 9.40. The summed E-state index contributed by atoms with van der Waals surface area (Å²) in [5, 5.41) is 15.9. The number of pyridine rings is 1. The number of morpholine rings is 1. The molecule has 4 rings (SSSR count). The fourth-order valence-corrected chi connectivity index (χ4v) is 4.87. The van der Waals surface area contributed by atoms with Crippen LogP contribution >= 0.6 is 0 Å². The van der Waals surface area contributed by atoms with Gasteiger partial charge in [0.25, 0.3) is 0 Å². The van der Waals surface area contributed by atoms with Crippen molar-refractivity contribution >= 4 is 17.8 Å². The number of fused-ring (bicyclic) bond motifs is 1. The summed E-state index contributed by atoms with van der Waals surface area (Å²) in [5.74, 6) is 0.812. The number of nitrogens with zero attached hydrogens (tertiary/aromatic N) is 3. The molecule has 2 aliphatic heterocycles. The van der Waals surface area contributed by atoms with E-state index >= 15 is 0 Å². The quantitative estimate of drug-likeness (QED) is 0.314. The smallest absolute Gasteiger partial charge is 0.326 e. The van der Waals surface area contributed by atoms with Crippen LogP contribution in [0.5, 0.6) is 5.75 Å². The number of carbonyl (C=O) groups excluding carboxylic acids is 1. The minimum Gasteiger partial charge on any atom is -0.492 e. The van der Waals surface area contributed by atoms with Crippen LogP contribution in [0, 0.1) is 0 Å². The molecule has 2 aromatic rings. The third-order valence-electron chi connectivity index (χ3n) is 7.16. The standard InChI is InChI=1S/C29H41N5O5/c35-28(36)26(32-29(37)34-18-20-38-21-19-34)13-16-33(17-22-39-25-9-2-1-3-10-25)15-5-4-8-24-12-11-23-7-6-14-30-27(23)31-24/h1-3,9-12,26H,4-8,13-22H2,(H,30,31)(H,32,37)(H,35,36)/t26-/m0/s1. The second-order valence-corrected chi connectivity index (χ2v) is 10.0. The van der Waals surface area contributed by atoms with Crippen molar-refractivity contribution in [2.75, 3.05) is 64.4 Å². The van der Waals surface area contributed by atoms with Crippen LogP contribution in [-0.2, 0) is 22.4 Å². The number of carbonyl (C=O) groups is 2. The second kappa shape index (κ2) is 15.3. The fraction of sp³-hybridized carbons (Fsp3) is 0.552. The van der Waals surface area contributed by atoms with Crippen molar-refractivity contribution < 1.29 is 24.2 Å². The SMILES string of the molecule is O=C(O)[C@H](CCN(CCCCc1ccc2c(n1)NCCC2)CCOc1ccccc1)NC(=O)N1CCOCC1. The van der Waals surface area contributed by atoms with Gasteiger partial charge in [0.1, 0.15) is 24.2 Å². The van der Waals surface area contributed by atoms with Crippen LogP contribution in [0.3, 0.4) is 0 Å². The molecule has 1 atom stereocenters. The number of urea groups is 1. The number of rotatable bonds is 14. The molecule has 0 unspecified atom stereocenters. The molecule has 39 heavy (non-hydrogen) atoms. The zero-order chi connectivity index (χ0) is 27.3. The lowest BCUT2D eigenvalue weighted by Gasteiger charge is -2.29. The van der Waals surface area contributed by atoms with Crippen LogP contribution in [0.15, 0.2) is 42.5 Å². The maximum atomic E-state index is 12.6. The first-order chi connectivity index (χ1) is 19.1. The van der Waals surface area contributed by atoms with E-state index in [4.69, 9.17) is 14.5 Å². The minimum atomic E-state index is -1.02. The van der Waals surface area contributed by atoms with Crippen LogP contribution in [-0.4, -0.2) is 97.0 Å². The number of unbranched alkanes of at least 4 members (excludes halogenated alkanes) is 1. The molecule has 0 bridgehead atoms. The molecule has 2 amide bonds. The van der Waals surface area contributed by atoms with Gasteiger partial charge in [-0.25, -0.2) is 14.6 Å². The maximum absolute atomic E-state index is 12.6. The first-order valence-electron chi connectivity index (χ1n) is 14.1. The van der Waals surface area contributed by atoms with E-state index in [-0.39, 0.29) is 6.03 Å². The molecule has 3 heterocycles. The van der Waals surface area contributed by atoms with Crippen molar-refractivity contribution in [1.29, 1.82) is 0 Å². The van der Waals surface area contributed by atoms with Gasteiger partial charge in [0.2, 0.25) is 0 Å². The summed E-state index contributed by atoms with van der Waals surface area (Å²) in [6.07, 6.45) is 5.39. The van der Waals surface area contributed by atoms with Crippen molar-refractivity contribution in [3.8, 4) is 5.75 Å². The number of benzene rings is 1. The Balaban J connectivity index is 1.27. The number of aromatic nitrogens is 1. The van der Waals surface area contributed by atoms with Gasteiger partial charge in [-0.15, -0.1) is 0 Å². The molecule has 2 aliphatic rings. The number of amides is 2. The normalized spacial score (nSPS) is 15.8. The summed E-state index contributed by atoms with van der Waals surface area (Å²) in [6, 6.07) is 12.7. The maximum Gasteiger partial charge on any atom is 0.326 e. The molecule has 0 spiro atoms. The number of aryl methyl sites for hydroxylation is 2. The minimum absolute atomic E-state index is 0.314. The largest absolute Gasteiger partial charge is 0.492 e. The lowest BCUT2D eigenvalue weighted by Crippen LogP contribution is -2.52. The van der Waals surface area contributed by atoms with Crippen molar-refractivity contribution in [3.05, 3.63) is 53.7 Å². The number of hydrogen-bond donors (Lipinski definition) is 3. The van der Waals surface area contributed by atoms with Gasteiger partial charge in [0.05, 0.1) is 13.2 Å². The molecule has 1 saturated heterocycles. The molecular formula is C29H41N5O5. The second-order valence-electron chi connectivity index (χ2n) is 10.0. The predicted molar refractivity (Wildman–Crippen MR) is 149 cm³/mol. The van der Waals surface area contributed by atoms with E-state index in [1.807, 2.05) is 30.3 Å². The third-order valence-corrected chi connectivity index (χ3v) is 7.16. The zero-order valence-electron chi connectivity index (χ0n) is 22.6. The van der Waals surface area contributed by atoms with Crippen molar-refractivity contribution in [3.63, 3.8) is 0 Å². The number of nitrogens with one attached hydrogen (secondary N) is 2. The molecule has 212 valence electrons. The van der Waals surface area contributed by atoms with E-state index in [0.29, 0.717) is 52.4 Å². The van der Waals surface area contributed by atoms with Crippen LogP contribution in [0.2, 0.25) is 0 Å². The number of aliphatic carboxylic acids is 1. The van der Waals surface area contributed by atoms with Gasteiger partial charge in [-0.05, 0) is 68.8 Å². The predicted octanol–water partition coefficient (Wildman–Crippen LogP) is 3.03. The topological polar surface area (TPSA) is 116 Å². The van der Waals surface area contributed by atoms with Crippen LogP contribution in [0.1, 0.15) is 36.9 Å². The summed E-state index contributed by atoms with van der Waals surface area (Å²) in [5.41, 5.74) is 2.39. The van der Waals surface area contributed by atoms with Gasteiger partial charge < -0.3 is 30.1 Å². The molecule has 10 nitrogen and oxygen atoms in total. The van der Waals surface area contributed by atoms with Crippen LogP contribution in [0.4, 0.5) is 10.6 Å². The lowest BCUT2D eigenvalue weighted by molar-refractivity contribution is -0.139. The summed E-state index contributed by atoms with van der Waals surface area (Å²) in [4.78, 5) is 33.1. The summed E-state index contributed by atoms with van der Waals surface area (Å²) in [7, 11) is 0. The molecule has 1 aromatic carbocycles. The van der Waals surface area contributed by atoms with E-state index in [1.165, 1.54) is 5.56 Å². The average molecular weight is 540 g/mol. The highest BCUT2D eigenvalue weighted by molar-refractivity contribution is 5.82. The fourth-order valence-electron chi connectivity index (χ4n) is 4.87. The number of ether oxygens (including phenoxy) is 2. The molecule has 0 aliphatic carbocycles.